The molecular weight excluding hydrogens is 1070 g/mol. The summed E-state index contributed by atoms with van der Waals surface area (Å²) in [5, 5.41) is 58.5. The minimum absolute atomic E-state index is 0.0866. The molecule has 0 bridgehead atoms. The van der Waals surface area contributed by atoms with Crippen LogP contribution < -0.4 is 20.9 Å². The third kappa shape index (κ3) is 13.5. The Morgan fingerprint density at radius 2 is 1.24 bits per heavy atom. The van der Waals surface area contributed by atoms with Gasteiger partial charge in [0.1, 0.15) is 38.3 Å². The van der Waals surface area contributed by atoms with Gasteiger partial charge in [0.25, 0.3) is 30.3 Å². The normalized spacial score (nSPS) is 12.7. The lowest BCUT2D eigenvalue weighted by Gasteiger charge is -2.14. The molecule has 34 heteroatoms. The van der Waals surface area contributed by atoms with Crippen LogP contribution in [0.4, 0.5) is 51.2 Å². The van der Waals surface area contributed by atoms with Gasteiger partial charge in [0.2, 0.25) is 0 Å². The van der Waals surface area contributed by atoms with Gasteiger partial charge in [0.05, 0.1) is 68.6 Å². The van der Waals surface area contributed by atoms with Crippen LogP contribution in [0.2, 0.25) is 0 Å². The van der Waals surface area contributed by atoms with Gasteiger partial charge in [-0.05, 0) is 96.4 Å². The number of nitrogens with two attached hydrogens (primary N) is 2. The van der Waals surface area contributed by atoms with E-state index in [1.807, 2.05) is 0 Å². The fraction of sp³-hybridized carbons (Fsp3) is 0.0811. The molecule has 0 saturated carbocycles. The number of ether oxygens (including phenoxy) is 1. The number of hydrogen-bond acceptors (Lipinski definition) is 27. The summed E-state index contributed by atoms with van der Waals surface area (Å²) in [6, 6.07) is 19.5. The van der Waals surface area contributed by atoms with Crippen LogP contribution in [0.3, 0.4) is 0 Å². The number of anilines is 3. The third-order valence-electron chi connectivity index (χ3n) is 9.12. The average Bonchev–Trinajstić information content (AvgIpc) is 3.31. The Labute approximate surface area is 409 Å². The second-order valence-corrected chi connectivity index (χ2v) is 21.5. The maximum Gasteiger partial charge on any atom is 0.296 e. The lowest BCUT2D eigenvalue weighted by Crippen LogP contribution is -2.12. The Morgan fingerprint density at radius 1 is 0.648 bits per heavy atom. The summed E-state index contributed by atoms with van der Waals surface area (Å²) in [5.74, 6) is -1.39. The number of hydrogen-bond donors (Lipinski definition) is 8. The van der Waals surface area contributed by atoms with Crippen molar-refractivity contribution < 1.29 is 86.1 Å². The predicted octanol–water partition coefficient (Wildman–Crippen LogP) is 8.46. The van der Waals surface area contributed by atoms with E-state index in [-0.39, 0.29) is 50.9 Å². The standard InChI is InChI=1S/C37H33N9O19S6/c1-60-29-18-21(38)2-12-27(29)42-40-22-3-5-24(6-4-22)46-69(52,53)25-9-7-23(8-10-25)41-45-36-32(71(57,58)59)17-20-16-30(66-64-62-48)35(34(39)33(20)37(36)47)44-43-28-13-11-26(19-31(28)70(54,55)56)68(50,51)15-14-61-67-65-63-49/h2-13,16-19,46-49H,14-15,38-39H2,1H3,(H,54,55,56)(H,57,58,59)/b42-40+,44-43+,45-41+. The molecule has 71 heavy (non-hydrogen) atoms. The summed E-state index contributed by atoms with van der Waals surface area (Å²) in [5.41, 5.74) is 10.9. The molecule has 0 atom stereocenters. The minimum atomic E-state index is -5.24. The van der Waals surface area contributed by atoms with Crippen LogP contribution in [0.25, 0.3) is 10.8 Å². The van der Waals surface area contributed by atoms with Gasteiger partial charge in [-0.3, -0.25) is 18.0 Å². The third-order valence-corrected chi connectivity index (χ3v) is 14.9. The van der Waals surface area contributed by atoms with Crippen molar-refractivity contribution in [2.24, 2.45) is 30.7 Å². The largest absolute Gasteiger partial charge is 0.505 e. The molecule has 0 amide bonds. The summed E-state index contributed by atoms with van der Waals surface area (Å²) in [4.78, 5) is -3.21. The first kappa shape index (κ1) is 53.9. The molecule has 10 N–H and O–H groups in total. The zero-order valence-electron chi connectivity index (χ0n) is 35.4. The highest BCUT2D eigenvalue weighted by Crippen LogP contribution is 2.50. The number of nitrogen functional groups attached to an aromatic ring is 2. The smallest absolute Gasteiger partial charge is 0.296 e. The van der Waals surface area contributed by atoms with Gasteiger partial charge >= 0.3 is 0 Å². The van der Waals surface area contributed by atoms with Crippen molar-refractivity contribution in [3.05, 3.63) is 97.1 Å². The molecule has 0 radical (unpaired) electrons. The Balaban J connectivity index is 1.30. The van der Waals surface area contributed by atoms with E-state index in [0.29, 0.717) is 28.9 Å². The van der Waals surface area contributed by atoms with Gasteiger partial charge in [0.15, 0.2) is 27.9 Å². The Hall–Kier alpha value is -6.48. The van der Waals surface area contributed by atoms with Crippen molar-refractivity contribution in [2.45, 2.75) is 24.5 Å². The molecule has 0 saturated heterocycles. The van der Waals surface area contributed by atoms with E-state index in [4.69, 9.17) is 30.9 Å². The minimum Gasteiger partial charge on any atom is -0.505 e. The van der Waals surface area contributed by atoms with Crippen LogP contribution in [0.1, 0.15) is 0 Å². The molecular formula is C37H33N9O19S6. The van der Waals surface area contributed by atoms with Crippen molar-refractivity contribution in [3.8, 4) is 11.5 Å². The fourth-order valence-electron chi connectivity index (χ4n) is 5.93. The summed E-state index contributed by atoms with van der Waals surface area (Å²) in [7, 11) is -17.5. The first-order valence-electron chi connectivity index (χ1n) is 18.8. The van der Waals surface area contributed by atoms with Crippen LogP contribution in [-0.4, -0.2) is 77.9 Å². The van der Waals surface area contributed by atoms with Crippen LogP contribution in [0, 0.1) is 0 Å². The molecule has 0 fully saturated rings. The Bertz CT molecular complexity index is 3520. The molecule has 0 unspecified atom stereocenters. The van der Waals surface area contributed by atoms with Crippen LogP contribution in [0.15, 0.2) is 152 Å². The average molecular weight is 1100 g/mol. The number of azo groups is 3. The topological polar surface area (TPSA) is 431 Å². The summed E-state index contributed by atoms with van der Waals surface area (Å²) >= 11 is 0.269. The number of benzene rings is 6. The lowest BCUT2D eigenvalue weighted by atomic mass is 10.1. The van der Waals surface area contributed by atoms with E-state index < -0.39 is 101 Å². The van der Waals surface area contributed by atoms with Crippen molar-refractivity contribution in [2.75, 3.05) is 35.7 Å². The predicted molar refractivity (Wildman–Crippen MR) is 251 cm³/mol. The number of fused-ring (bicyclic) bond motifs is 1. The van der Waals surface area contributed by atoms with E-state index in [9.17, 15) is 47.9 Å². The van der Waals surface area contributed by atoms with Crippen molar-refractivity contribution in [3.63, 3.8) is 0 Å². The second kappa shape index (κ2) is 22.7. The van der Waals surface area contributed by atoms with Gasteiger partial charge in [-0.2, -0.15) is 27.1 Å². The Kier molecular flexibility index (Phi) is 17.2. The van der Waals surface area contributed by atoms with Crippen LogP contribution in [-0.2, 0) is 63.0 Å². The van der Waals surface area contributed by atoms with E-state index in [1.54, 1.807) is 18.2 Å². The summed E-state index contributed by atoms with van der Waals surface area (Å²) in [6.07, 6.45) is 0. The maximum atomic E-state index is 13.3. The molecule has 0 aliphatic carbocycles. The highest BCUT2D eigenvalue weighted by Gasteiger charge is 2.27. The first-order valence-corrected chi connectivity index (χ1v) is 26.3. The molecule has 0 aliphatic rings. The molecule has 0 aliphatic heterocycles. The quantitative estimate of drug-likeness (QED) is 0.00600. The monoisotopic (exact) mass is 1100 g/mol. The Morgan fingerprint density at radius 3 is 1.87 bits per heavy atom. The number of nitrogens with one attached hydrogen (secondary N) is 1. The molecule has 0 heterocycles. The highest BCUT2D eigenvalue weighted by molar-refractivity contribution is 7.94. The van der Waals surface area contributed by atoms with Crippen molar-refractivity contribution >= 4 is 126 Å². The van der Waals surface area contributed by atoms with Gasteiger partial charge < -0.3 is 21.3 Å². The van der Waals surface area contributed by atoms with Gasteiger partial charge in [0, 0.05) is 17.4 Å². The van der Waals surface area contributed by atoms with Crippen LogP contribution >= 0.6 is 24.4 Å². The number of sulfonamides is 1. The fourth-order valence-corrected chi connectivity index (χ4v) is 10.3. The first-order chi connectivity index (χ1) is 33.6. The number of aromatic hydroxyl groups is 1. The zero-order chi connectivity index (χ0) is 51.7. The summed E-state index contributed by atoms with van der Waals surface area (Å²) < 4.78 is 143. The number of phenols is 1. The molecule has 6 rings (SSSR count). The SMILES string of the molecule is COc1cc(N)ccc1/N=N/c1ccc(NS(=O)(=O)c2ccc(/N=N/c3c(S(=O)(=O)O)cc4cc(SOOO)c(/N=N/c5ccc(S(=O)(=O)CCOSOOO)cc5S(=O)(=O)O)c(N)c4c3O)cc2)cc1. The molecule has 376 valence electrons. The molecule has 0 aromatic heterocycles. The molecule has 28 nitrogen and oxygen atoms in total. The van der Waals surface area contributed by atoms with E-state index in [2.05, 4.69) is 54.2 Å². The summed E-state index contributed by atoms with van der Waals surface area (Å²) in [6.45, 7) is -0.543. The van der Waals surface area contributed by atoms with E-state index in [1.165, 1.54) is 43.5 Å². The lowest BCUT2D eigenvalue weighted by molar-refractivity contribution is -0.434. The molecule has 0 spiro atoms. The number of methoxy groups -OCH3 is 1. The van der Waals surface area contributed by atoms with E-state index in [0.717, 1.165) is 36.4 Å². The zero-order valence-corrected chi connectivity index (χ0v) is 40.3. The number of phenolic OH excluding ortho intramolecular Hbond substituents is 1. The van der Waals surface area contributed by atoms with Crippen molar-refractivity contribution in [1.82, 2.24) is 0 Å². The maximum absolute atomic E-state index is 13.3. The molecule has 6 aromatic rings. The van der Waals surface area contributed by atoms with Gasteiger partial charge in [-0.15, -0.1) is 29.1 Å². The van der Waals surface area contributed by atoms with Gasteiger partial charge in [-0.1, -0.05) is 10.1 Å². The molecule has 6 aromatic carbocycles. The van der Waals surface area contributed by atoms with Gasteiger partial charge in [-0.25, -0.2) is 27.4 Å². The number of rotatable bonds is 22. The second-order valence-electron chi connectivity index (χ2n) is 13.6. The highest BCUT2D eigenvalue weighted by atomic mass is 32.2. The number of nitrogens with zero attached hydrogens (tertiary/aromatic N) is 6. The van der Waals surface area contributed by atoms with Crippen molar-refractivity contribution in [1.29, 1.82) is 0 Å². The van der Waals surface area contributed by atoms with E-state index >= 15 is 0 Å². The van der Waals surface area contributed by atoms with Crippen LogP contribution in [0.5, 0.6) is 11.5 Å². The number of sulfone groups is 1.